The molecule has 0 fully saturated rings. The van der Waals surface area contributed by atoms with Crippen molar-refractivity contribution in [3.05, 3.63) is 71.1 Å². The summed E-state index contributed by atoms with van der Waals surface area (Å²) in [5.74, 6) is -0.880. The molecule has 2 amide bonds. The first kappa shape index (κ1) is 14.3. The molecule has 2 aromatic carbocycles. The average molecular weight is 310 g/mol. The molecule has 1 heterocycles. The molecule has 0 aliphatic rings. The first-order valence-electron chi connectivity index (χ1n) is 6.79. The van der Waals surface area contributed by atoms with Crippen LogP contribution < -0.4 is 11.1 Å². The molecule has 0 bridgehead atoms. The Bertz CT molecular complexity index is 794. The molecule has 1 atom stereocenters. The summed E-state index contributed by atoms with van der Waals surface area (Å²) in [6, 6.07) is 17.7. The first-order valence-corrected chi connectivity index (χ1v) is 7.60. The third-order valence-corrected chi connectivity index (χ3v) is 4.46. The highest BCUT2D eigenvalue weighted by Crippen LogP contribution is 2.25. The van der Waals surface area contributed by atoms with Crippen LogP contribution in [0.15, 0.2) is 60.7 Å². The second kappa shape index (κ2) is 5.99. The van der Waals surface area contributed by atoms with Gasteiger partial charge in [-0.3, -0.25) is 9.59 Å². The maximum atomic E-state index is 12.4. The minimum absolute atomic E-state index is 0.297. The van der Waals surface area contributed by atoms with E-state index in [1.165, 1.54) is 11.3 Å². The lowest BCUT2D eigenvalue weighted by atomic mass is 10.1. The maximum Gasteiger partial charge on any atom is 0.262 e. The predicted octanol–water partition coefficient (Wildman–Crippen LogP) is 2.86. The summed E-state index contributed by atoms with van der Waals surface area (Å²) in [5.41, 5.74) is 6.09. The molecule has 0 radical (unpaired) electrons. The summed E-state index contributed by atoms with van der Waals surface area (Å²) < 4.78 is 1.03. The molecular formula is C17H14N2O2S. The molecule has 22 heavy (non-hydrogen) atoms. The van der Waals surface area contributed by atoms with E-state index in [1.807, 2.05) is 36.4 Å². The van der Waals surface area contributed by atoms with Crippen LogP contribution in [-0.2, 0) is 4.79 Å². The van der Waals surface area contributed by atoms with Gasteiger partial charge in [0.15, 0.2) is 0 Å². The van der Waals surface area contributed by atoms with Gasteiger partial charge < -0.3 is 11.1 Å². The predicted molar refractivity (Wildman–Crippen MR) is 87.7 cm³/mol. The van der Waals surface area contributed by atoms with Crippen LogP contribution in [0, 0.1) is 0 Å². The number of carbonyl (C=O) groups excluding carboxylic acids is 2. The van der Waals surface area contributed by atoms with E-state index in [-0.39, 0.29) is 5.91 Å². The zero-order valence-corrected chi connectivity index (χ0v) is 12.5. The maximum absolute atomic E-state index is 12.4. The molecule has 3 rings (SSSR count). The van der Waals surface area contributed by atoms with Crippen molar-refractivity contribution >= 4 is 33.2 Å². The number of hydrogen-bond acceptors (Lipinski definition) is 3. The Hall–Kier alpha value is -2.66. The first-order chi connectivity index (χ1) is 10.6. The fraction of sp³-hybridized carbons (Fsp3) is 0.0588. The largest absolute Gasteiger partial charge is 0.368 e. The second-order valence-electron chi connectivity index (χ2n) is 4.87. The highest BCUT2D eigenvalue weighted by Gasteiger charge is 2.21. The van der Waals surface area contributed by atoms with Crippen LogP contribution in [0.2, 0.25) is 0 Å². The van der Waals surface area contributed by atoms with Crippen molar-refractivity contribution in [2.45, 2.75) is 6.04 Å². The van der Waals surface area contributed by atoms with E-state index in [0.29, 0.717) is 10.4 Å². The van der Waals surface area contributed by atoms with Gasteiger partial charge in [-0.05, 0) is 23.1 Å². The Morgan fingerprint density at radius 1 is 1.00 bits per heavy atom. The van der Waals surface area contributed by atoms with Crippen molar-refractivity contribution in [1.29, 1.82) is 0 Å². The van der Waals surface area contributed by atoms with E-state index in [1.54, 1.807) is 24.3 Å². The highest BCUT2D eigenvalue weighted by molar-refractivity contribution is 7.20. The van der Waals surface area contributed by atoms with Gasteiger partial charge >= 0.3 is 0 Å². The quantitative estimate of drug-likeness (QED) is 0.778. The van der Waals surface area contributed by atoms with E-state index in [2.05, 4.69) is 5.32 Å². The third-order valence-electron chi connectivity index (χ3n) is 3.34. The molecule has 110 valence electrons. The summed E-state index contributed by atoms with van der Waals surface area (Å²) in [4.78, 5) is 24.6. The molecule has 0 saturated carbocycles. The standard InChI is InChI=1S/C17H14N2O2S/c18-16(20)15(11-6-2-1-3-7-11)19-17(21)14-10-12-8-4-5-9-13(12)22-14/h1-10,15H,(H2,18,20)(H,19,21)/t15-/m0/s1. The number of primary amides is 1. The Balaban J connectivity index is 1.86. The van der Waals surface area contributed by atoms with Gasteiger partial charge in [-0.2, -0.15) is 0 Å². The van der Waals surface area contributed by atoms with Crippen LogP contribution in [0.3, 0.4) is 0 Å². The van der Waals surface area contributed by atoms with Crippen LogP contribution in [-0.4, -0.2) is 11.8 Å². The zero-order valence-electron chi connectivity index (χ0n) is 11.7. The molecule has 0 unspecified atom stereocenters. The van der Waals surface area contributed by atoms with E-state index in [0.717, 1.165) is 10.1 Å². The van der Waals surface area contributed by atoms with Crippen LogP contribution in [0.1, 0.15) is 21.3 Å². The summed E-state index contributed by atoms with van der Waals surface area (Å²) in [7, 11) is 0. The van der Waals surface area contributed by atoms with Gasteiger partial charge in [-0.25, -0.2) is 0 Å². The van der Waals surface area contributed by atoms with Crippen molar-refractivity contribution in [2.24, 2.45) is 5.73 Å². The van der Waals surface area contributed by atoms with E-state index in [4.69, 9.17) is 5.73 Å². The van der Waals surface area contributed by atoms with Gasteiger partial charge in [-0.1, -0.05) is 48.5 Å². The fourth-order valence-corrected chi connectivity index (χ4v) is 3.23. The van der Waals surface area contributed by atoms with Crippen molar-refractivity contribution in [2.75, 3.05) is 0 Å². The van der Waals surface area contributed by atoms with E-state index in [9.17, 15) is 9.59 Å². The molecule has 4 nitrogen and oxygen atoms in total. The van der Waals surface area contributed by atoms with Gasteiger partial charge in [0, 0.05) is 4.70 Å². The minimum atomic E-state index is -0.834. The monoisotopic (exact) mass is 310 g/mol. The van der Waals surface area contributed by atoms with E-state index >= 15 is 0 Å². The van der Waals surface area contributed by atoms with Crippen LogP contribution in [0.25, 0.3) is 10.1 Å². The lowest BCUT2D eigenvalue weighted by molar-refractivity contribution is -0.120. The molecule has 1 aromatic heterocycles. The molecule has 0 aliphatic carbocycles. The Kier molecular flexibility index (Phi) is 3.89. The number of thiophene rings is 1. The van der Waals surface area contributed by atoms with Gasteiger partial charge in [0.25, 0.3) is 5.91 Å². The van der Waals surface area contributed by atoms with Gasteiger partial charge in [0.05, 0.1) is 4.88 Å². The number of amides is 2. The topological polar surface area (TPSA) is 72.2 Å². The summed E-state index contributed by atoms with van der Waals surface area (Å²) in [6.45, 7) is 0. The highest BCUT2D eigenvalue weighted by atomic mass is 32.1. The number of fused-ring (bicyclic) bond motifs is 1. The van der Waals surface area contributed by atoms with Crippen molar-refractivity contribution < 1.29 is 9.59 Å². The Morgan fingerprint density at radius 3 is 2.36 bits per heavy atom. The number of hydrogen-bond donors (Lipinski definition) is 2. The van der Waals surface area contributed by atoms with Crippen molar-refractivity contribution in [3.8, 4) is 0 Å². The van der Waals surface area contributed by atoms with Crippen molar-refractivity contribution in [1.82, 2.24) is 5.32 Å². The molecular weight excluding hydrogens is 296 g/mol. The zero-order chi connectivity index (χ0) is 15.5. The molecule has 5 heteroatoms. The van der Waals surface area contributed by atoms with Crippen LogP contribution >= 0.6 is 11.3 Å². The van der Waals surface area contributed by atoms with Gasteiger partial charge in [-0.15, -0.1) is 11.3 Å². The van der Waals surface area contributed by atoms with Crippen LogP contribution in [0.4, 0.5) is 0 Å². The fourth-order valence-electron chi connectivity index (χ4n) is 2.26. The summed E-state index contributed by atoms with van der Waals surface area (Å²) >= 11 is 1.39. The number of rotatable bonds is 4. The summed E-state index contributed by atoms with van der Waals surface area (Å²) in [6.07, 6.45) is 0. The second-order valence-corrected chi connectivity index (χ2v) is 5.95. The third kappa shape index (κ3) is 2.84. The number of carbonyl (C=O) groups is 2. The minimum Gasteiger partial charge on any atom is -0.368 e. The van der Waals surface area contributed by atoms with Gasteiger partial charge in [0.2, 0.25) is 5.91 Å². The number of nitrogens with two attached hydrogens (primary N) is 1. The molecule has 3 aromatic rings. The Labute approximate surface area is 131 Å². The molecule has 0 aliphatic heterocycles. The van der Waals surface area contributed by atoms with Crippen molar-refractivity contribution in [3.63, 3.8) is 0 Å². The average Bonchev–Trinajstić information content (AvgIpc) is 2.97. The smallest absolute Gasteiger partial charge is 0.262 e. The number of benzene rings is 2. The van der Waals surface area contributed by atoms with Gasteiger partial charge in [0.1, 0.15) is 6.04 Å². The SMILES string of the molecule is NC(=O)[C@@H](NC(=O)c1cc2ccccc2s1)c1ccccc1. The number of nitrogens with one attached hydrogen (secondary N) is 1. The molecule has 0 spiro atoms. The lowest BCUT2D eigenvalue weighted by Gasteiger charge is -2.15. The van der Waals surface area contributed by atoms with Crippen LogP contribution in [0.5, 0.6) is 0 Å². The molecule has 0 saturated heterocycles. The summed E-state index contributed by atoms with van der Waals surface area (Å²) in [5, 5.41) is 3.71. The van der Waals surface area contributed by atoms with E-state index < -0.39 is 11.9 Å². The normalized spacial score (nSPS) is 12.0. The lowest BCUT2D eigenvalue weighted by Crippen LogP contribution is -2.37. The Morgan fingerprint density at radius 2 is 1.68 bits per heavy atom. The molecule has 3 N–H and O–H groups in total.